The molecule has 0 radical (unpaired) electrons. The molecule has 1 aliphatic heterocycles. The minimum Gasteiger partial charge on any atom is -0.465 e. The van der Waals surface area contributed by atoms with Gasteiger partial charge in [0.15, 0.2) is 0 Å². The number of halogens is 2. The second-order valence-corrected chi connectivity index (χ2v) is 9.49. The summed E-state index contributed by atoms with van der Waals surface area (Å²) in [6.45, 7) is 4.39. The molecule has 0 unspecified atom stereocenters. The average Bonchev–Trinajstić information content (AvgIpc) is 3.10. The van der Waals surface area contributed by atoms with E-state index in [1.807, 2.05) is 13.8 Å². The van der Waals surface area contributed by atoms with Crippen LogP contribution in [0.15, 0.2) is 0 Å². The van der Waals surface area contributed by atoms with E-state index in [2.05, 4.69) is 10.6 Å². The maximum absolute atomic E-state index is 13.3. The number of carbonyl (C=O) groups is 4. The summed E-state index contributed by atoms with van der Waals surface area (Å²) in [4.78, 5) is 48.9. The van der Waals surface area contributed by atoms with Gasteiger partial charge in [0.1, 0.15) is 6.04 Å². The highest BCUT2D eigenvalue weighted by Crippen LogP contribution is 2.36. The molecule has 3 amide bonds. The molecule has 1 saturated heterocycles. The topological polar surface area (TPSA) is 128 Å². The quantitative estimate of drug-likeness (QED) is 0.407. The van der Waals surface area contributed by atoms with Gasteiger partial charge in [-0.1, -0.05) is 13.8 Å². The van der Waals surface area contributed by atoms with Crippen molar-refractivity contribution in [2.24, 2.45) is 29.4 Å². The van der Waals surface area contributed by atoms with Gasteiger partial charge in [-0.05, 0) is 43.9 Å². The Morgan fingerprint density at radius 3 is 2.41 bits per heavy atom. The first-order valence-corrected chi connectivity index (χ1v) is 11.4. The molecule has 0 aromatic carbocycles. The Balaban J connectivity index is 1.89. The Morgan fingerprint density at radius 1 is 1.22 bits per heavy atom. The van der Waals surface area contributed by atoms with Crippen LogP contribution in [-0.4, -0.2) is 48.8 Å². The van der Waals surface area contributed by atoms with Crippen molar-refractivity contribution in [3.05, 3.63) is 0 Å². The predicted molar refractivity (Wildman–Crippen MR) is 112 cm³/mol. The third-order valence-electron chi connectivity index (χ3n) is 6.20. The minimum atomic E-state index is -2.64. The zero-order valence-electron chi connectivity index (χ0n) is 18.8. The predicted octanol–water partition coefficient (Wildman–Crippen LogP) is 1.90. The molecule has 2 rings (SSSR count). The van der Waals surface area contributed by atoms with Gasteiger partial charge >= 0.3 is 5.97 Å². The van der Waals surface area contributed by atoms with Crippen LogP contribution in [0.1, 0.15) is 65.2 Å². The first kappa shape index (κ1) is 26.0. The molecule has 1 heterocycles. The molecular formula is C22H35F2N3O5. The number of esters is 1. The van der Waals surface area contributed by atoms with E-state index in [0.29, 0.717) is 32.2 Å². The van der Waals surface area contributed by atoms with Crippen molar-refractivity contribution in [1.82, 2.24) is 10.6 Å². The van der Waals surface area contributed by atoms with Crippen LogP contribution in [-0.2, 0) is 23.9 Å². The Morgan fingerprint density at radius 2 is 1.88 bits per heavy atom. The SMILES string of the molecule is CC(C)C[C@H](CC(=O)OCC1CCC(F)(F)CC1)C(=O)N[C@@H](C[C@@H]1CCNC1=O)C(N)=O. The van der Waals surface area contributed by atoms with Gasteiger partial charge in [0, 0.05) is 31.2 Å². The minimum absolute atomic E-state index is 0.0611. The smallest absolute Gasteiger partial charge is 0.306 e. The monoisotopic (exact) mass is 459 g/mol. The van der Waals surface area contributed by atoms with Crippen LogP contribution in [0.25, 0.3) is 0 Å². The summed E-state index contributed by atoms with van der Waals surface area (Å²) in [5, 5.41) is 5.29. The van der Waals surface area contributed by atoms with Crippen molar-refractivity contribution in [2.75, 3.05) is 13.2 Å². The van der Waals surface area contributed by atoms with E-state index < -0.39 is 41.6 Å². The van der Waals surface area contributed by atoms with Crippen molar-refractivity contribution >= 4 is 23.7 Å². The summed E-state index contributed by atoms with van der Waals surface area (Å²) in [5.41, 5.74) is 5.43. The van der Waals surface area contributed by atoms with Crippen molar-refractivity contribution in [3.63, 3.8) is 0 Å². The Bertz CT molecular complexity index is 691. The number of carbonyl (C=O) groups excluding carboxylic acids is 4. The maximum atomic E-state index is 13.3. The molecule has 3 atom stereocenters. The molecule has 0 aromatic rings. The number of ether oxygens (including phenoxy) is 1. The molecule has 32 heavy (non-hydrogen) atoms. The standard InChI is InChI=1S/C22H35F2N3O5/c1-13(2)9-16(11-18(28)32-12-14-3-6-22(23,24)7-4-14)21(31)27-17(19(25)29)10-15-5-8-26-20(15)30/h13-17H,3-12H2,1-2H3,(H2,25,29)(H,26,30)(H,27,31)/t15-,16+,17-/m0/s1. The number of nitrogens with two attached hydrogens (primary N) is 1. The van der Waals surface area contributed by atoms with E-state index in [-0.39, 0.29) is 50.0 Å². The van der Waals surface area contributed by atoms with E-state index >= 15 is 0 Å². The van der Waals surface area contributed by atoms with Crippen LogP contribution < -0.4 is 16.4 Å². The normalized spacial score (nSPS) is 22.8. The molecule has 8 nitrogen and oxygen atoms in total. The van der Waals surface area contributed by atoms with E-state index in [1.54, 1.807) is 0 Å². The third-order valence-corrected chi connectivity index (χ3v) is 6.20. The Kier molecular flexibility index (Phi) is 9.39. The van der Waals surface area contributed by atoms with E-state index in [4.69, 9.17) is 10.5 Å². The van der Waals surface area contributed by atoms with Crippen LogP contribution in [0.4, 0.5) is 8.78 Å². The van der Waals surface area contributed by atoms with Gasteiger partial charge in [0.2, 0.25) is 23.6 Å². The lowest BCUT2D eigenvalue weighted by Crippen LogP contribution is -2.48. The van der Waals surface area contributed by atoms with E-state index in [0.717, 1.165) is 0 Å². The molecule has 4 N–H and O–H groups in total. The Labute approximate surface area is 187 Å². The lowest BCUT2D eigenvalue weighted by atomic mass is 9.87. The van der Waals surface area contributed by atoms with Gasteiger partial charge in [-0.15, -0.1) is 0 Å². The number of rotatable bonds is 11. The summed E-state index contributed by atoms with van der Waals surface area (Å²) in [6.07, 6.45) is 1.07. The molecule has 0 aromatic heterocycles. The fourth-order valence-electron chi connectivity index (χ4n) is 4.28. The molecule has 10 heteroatoms. The number of alkyl halides is 2. The fourth-order valence-corrected chi connectivity index (χ4v) is 4.28. The van der Waals surface area contributed by atoms with Crippen LogP contribution in [0.3, 0.4) is 0 Å². The first-order valence-electron chi connectivity index (χ1n) is 11.4. The maximum Gasteiger partial charge on any atom is 0.306 e. The molecular weight excluding hydrogens is 424 g/mol. The fraction of sp³-hybridized carbons (Fsp3) is 0.818. The first-order chi connectivity index (χ1) is 15.0. The van der Waals surface area contributed by atoms with Crippen molar-refractivity contribution in [3.8, 4) is 0 Å². The number of amides is 3. The number of nitrogens with one attached hydrogen (secondary N) is 2. The molecule has 2 fully saturated rings. The van der Waals surface area contributed by atoms with Gasteiger partial charge in [-0.2, -0.15) is 0 Å². The van der Waals surface area contributed by atoms with E-state index in [9.17, 15) is 28.0 Å². The average molecular weight is 460 g/mol. The molecule has 182 valence electrons. The van der Waals surface area contributed by atoms with Crippen molar-refractivity contribution in [1.29, 1.82) is 0 Å². The highest BCUT2D eigenvalue weighted by molar-refractivity contribution is 5.90. The number of primary amides is 1. The largest absolute Gasteiger partial charge is 0.465 e. The summed E-state index contributed by atoms with van der Waals surface area (Å²) < 4.78 is 31.8. The van der Waals surface area contributed by atoms with Gasteiger partial charge < -0.3 is 21.1 Å². The molecule has 0 spiro atoms. The van der Waals surface area contributed by atoms with Crippen LogP contribution in [0.2, 0.25) is 0 Å². The molecule has 1 saturated carbocycles. The molecule has 2 aliphatic rings. The molecule has 0 bridgehead atoms. The summed E-state index contributed by atoms with van der Waals surface area (Å²) in [7, 11) is 0. The van der Waals surface area contributed by atoms with Gasteiger partial charge in [-0.25, -0.2) is 8.78 Å². The van der Waals surface area contributed by atoms with Crippen molar-refractivity contribution < 1.29 is 32.7 Å². The second-order valence-electron chi connectivity index (χ2n) is 9.49. The van der Waals surface area contributed by atoms with Gasteiger partial charge in [0.25, 0.3) is 0 Å². The van der Waals surface area contributed by atoms with E-state index in [1.165, 1.54) is 0 Å². The molecule has 1 aliphatic carbocycles. The van der Waals surface area contributed by atoms with Crippen LogP contribution in [0.5, 0.6) is 0 Å². The number of hydrogen-bond acceptors (Lipinski definition) is 5. The lowest BCUT2D eigenvalue weighted by molar-refractivity contribution is -0.149. The van der Waals surface area contributed by atoms with Crippen LogP contribution >= 0.6 is 0 Å². The zero-order chi connectivity index (χ0) is 23.9. The van der Waals surface area contributed by atoms with Crippen LogP contribution in [0, 0.1) is 23.7 Å². The van der Waals surface area contributed by atoms with Crippen molar-refractivity contribution in [2.45, 2.75) is 77.2 Å². The Hall–Kier alpha value is -2.26. The summed E-state index contributed by atoms with van der Waals surface area (Å²) in [5.74, 6) is -5.74. The van der Waals surface area contributed by atoms with Gasteiger partial charge in [0.05, 0.1) is 13.0 Å². The zero-order valence-corrected chi connectivity index (χ0v) is 18.8. The lowest BCUT2D eigenvalue weighted by Gasteiger charge is -2.28. The van der Waals surface area contributed by atoms with Gasteiger partial charge in [-0.3, -0.25) is 19.2 Å². The third kappa shape index (κ3) is 8.35. The highest BCUT2D eigenvalue weighted by Gasteiger charge is 2.36. The summed E-state index contributed by atoms with van der Waals surface area (Å²) in [6, 6.07) is -1.01. The highest BCUT2D eigenvalue weighted by atomic mass is 19.3. The number of hydrogen-bond donors (Lipinski definition) is 3. The summed E-state index contributed by atoms with van der Waals surface area (Å²) >= 11 is 0. The second kappa shape index (κ2) is 11.6.